The molecule has 2 N–H and O–H groups in total. The first-order chi connectivity index (χ1) is 7.46. The van der Waals surface area contributed by atoms with E-state index < -0.39 is 5.60 Å². The normalized spacial score (nSPS) is 19.9. The Morgan fingerprint density at radius 1 is 1.50 bits per heavy atom. The first-order valence-corrected chi connectivity index (χ1v) is 5.70. The third-order valence-corrected chi connectivity index (χ3v) is 2.96. The molecule has 2 rings (SSSR count). The minimum Gasteiger partial charge on any atom is -0.389 e. The number of aliphatic hydroxyl groups is 1. The van der Waals surface area contributed by atoms with E-state index in [4.69, 9.17) is 0 Å². The van der Waals surface area contributed by atoms with E-state index in [1.807, 2.05) is 6.07 Å². The standard InChI is InChI=1S/C13H18FNO/c1-13(2,16)8-15-12-6-3-9-7-10(14)4-5-11(9)12/h4-5,7,12,15-16H,3,6,8H2,1-2H3. The molecule has 16 heavy (non-hydrogen) atoms. The van der Waals surface area contributed by atoms with E-state index in [2.05, 4.69) is 5.32 Å². The van der Waals surface area contributed by atoms with Crippen molar-refractivity contribution in [1.29, 1.82) is 0 Å². The number of hydrogen-bond donors (Lipinski definition) is 2. The lowest BCUT2D eigenvalue weighted by Gasteiger charge is -2.22. The summed E-state index contributed by atoms with van der Waals surface area (Å²) in [6, 6.07) is 5.21. The molecule has 1 unspecified atom stereocenters. The Morgan fingerprint density at radius 3 is 2.94 bits per heavy atom. The van der Waals surface area contributed by atoms with Crippen molar-refractivity contribution in [2.75, 3.05) is 6.54 Å². The highest BCUT2D eigenvalue weighted by atomic mass is 19.1. The van der Waals surface area contributed by atoms with Crippen LogP contribution in [0, 0.1) is 5.82 Å². The van der Waals surface area contributed by atoms with E-state index >= 15 is 0 Å². The van der Waals surface area contributed by atoms with Crippen LogP contribution < -0.4 is 5.32 Å². The van der Waals surface area contributed by atoms with Crippen LogP contribution in [-0.4, -0.2) is 17.3 Å². The largest absolute Gasteiger partial charge is 0.389 e. The zero-order chi connectivity index (χ0) is 11.8. The van der Waals surface area contributed by atoms with Crippen LogP contribution in [-0.2, 0) is 6.42 Å². The molecule has 0 heterocycles. The maximum Gasteiger partial charge on any atom is 0.123 e. The number of aryl methyl sites for hydroxylation is 1. The Bertz CT molecular complexity index is 384. The van der Waals surface area contributed by atoms with Crippen LogP contribution in [0.2, 0.25) is 0 Å². The van der Waals surface area contributed by atoms with Crippen molar-refractivity contribution in [3.8, 4) is 0 Å². The van der Waals surface area contributed by atoms with Gasteiger partial charge in [0.15, 0.2) is 0 Å². The topological polar surface area (TPSA) is 32.3 Å². The molecule has 2 nitrogen and oxygen atoms in total. The lowest BCUT2D eigenvalue weighted by molar-refractivity contribution is 0.0764. The van der Waals surface area contributed by atoms with Gasteiger partial charge in [0.1, 0.15) is 5.82 Å². The lowest BCUT2D eigenvalue weighted by atomic mass is 10.1. The minimum absolute atomic E-state index is 0.165. The van der Waals surface area contributed by atoms with Crippen molar-refractivity contribution in [3.63, 3.8) is 0 Å². The summed E-state index contributed by atoms with van der Waals surface area (Å²) < 4.78 is 13.0. The van der Waals surface area contributed by atoms with E-state index in [1.54, 1.807) is 19.9 Å². The Morgan fingerprint density at radius 2 is 2.25 bits per heavy atom. The van der Waals surface area contributed by atoms with Crippen LogP contribution in [0.5, 0.6) is 0 Å². The summed E-state index contributed by atoms with van der Waals surface area (Å²) in [6.45, 7) is 4.11. The number of halogens is 1. The fourth-order valence-corrected chi connectivity index (χ4v) is 2.17. The Labute approximate surface area is 95.5 Å². The van der Waals surface area contributed by atoms with Crippen molar-refractivity contribution in [3.05, 3.63) is 35.1 Å². The van der Waals surface area contributed by atoms with E-state index in [1.165, 1.54) is 11.6 Å². The highest BCUT2D eigenvalue weighted by Gasteiger charge is 2.24. The molecule has 3 heteroatoms. The number of rotatable bonds is 3. The number of benzene rings is 1. The van der Waals surface area contributed by atoms with Gasteiger partial charge in [0.25, 0.3) is 0 Å². The van der Waals surface area contributed by atoms with E-state index in [0.717, 1.165) is 18.4 Å². The Kier molecular flexibility index (Phi) is 3.00. The predicted octanol–water partition coefficient (Wildman–Crippen LogP) is 2.17. The molecule has 0 fully saturated rings. The van der Waals surface area contributed by atoms with Crippen molar-refractivity contribution >= 4 is 0 Å². The fourth-order valence-electron chi connectivity index (χ4n) is 2.17. The van der Waals surface area contributed by atoms with Gasteiger partial charge in [0, 0.05) is 12.6 Å². The smallest absolute Gasteiger partial charge is 0.123 e. The molecule has 1 aromatic rings. The average molecular weight is 223 g/mol. The van der Waals surface area contributed by atoms with Crippen molar-refractivity contribution in [1.82, 2.24) is 5.32 Å². The van der Waals surface area contributed by atoms with E-state index in [-0.39, 0.29) is 11.9 Å². The first-order valence-electron chi connectivity index (χ1n) is 5.70. The van der Waals surface area contributed by atoms with Gasteiger partial charge < -0.3 is 10.4 Å². The van der Waals surface area contributed by atoms with Gasteiger partial charge in [-0.25, -0.2) is 4.39 Å². The second-order valence-electron chi connectivity index (χ2n) is 5.13. The summed E-state index contributed by atoms with van der Waals surface area (Å²) in [5, 5.41) is 13.0. The van der Waals surface area contributed by atoms with Crippen LogP contribution in [0.4, 0.5) is 4.39 Å². The van der Waals surface area contributed by atoms with Gasteiger partial charge in [-0.05, 0) is 49.9 Å². The van der Waals surface area contributed by atoms with Gasteiger partial charge in [-0.1, -0.05) is 6.07 Å². The molecule has 0 bridgehead atoms. The van der Waals surface area contributed by atoms with Crippen LogP contribution in [0.3, 0.4) is 0 Å². The molecule has 88 valence electrons. The number of hydrogen-bond acceptors (Lipinski definition) is 2. The lowest BCUT2D eigenvalue weighted by Crippen LogP contribution is -2.36. The second-order valence-corrected chi connectivity index (χ2v) is 5.13. The molecule has 1 aromatic carbocycles. The Hall–Kier alpha value is -0.930. The summed E-state index contributed by atoms with van der Waals surface area (Å²) in [4.78, 5) is 0. The molecule has 0 radical (unpaired) electrons. The summed E-state index contributed by atoms with van der Waals surface area (Å²) in [5.74, 6) is -0.165. The highest BCUT2D eigenvalue weighted by Crippen LogP contribution is 2.31. The fraction of sp³-hybridized carbons (Fsp3) is 0.538. The van der Waals surface area contributed by atoms with E-state index in [9.17, 15) is 9.50 Å². The summed E-state index contributed by atoms with van der Waals surface area (Å²) >= 11 is 0. The van der Waals surface area contributed by atoms with Crippen molar-refractivity contribution in [2.24, 2.45) is 0 Å². The highest BCUT2D eigenvalue weighted by molar-refractivity contribution is 5.34. The van der Waals surface area contributed by atoms with E-state index in [0.29, 0.717) is 6.54 Å². The molecular weight excluding hydrogens is 205 g/mol. The molecule has 0 aromatic heterocycles. The molecular formula is C13H18FNO. The summed E-state index contributed by atoms with van der Waals surface area (Å²) in [7, 11) is 0. The third-order valence-electron chi connectivity index (χ3n) is 2.96. The van der Waals surface area contributed by atoms with Crippen molar-refractivity contribution in [2.45, 2.75) is 38.3 Å². The minimum atomic E-state index is -0.706. The van der Waals surface area contributed by atoms with Gasteiger partial charge in [-0.2, -0.15) is 0 Å². The van der Waals surface area contributed by atoms with Crippen LogP contribution in [0.25, 0.3) is 0 Å². The third kappa shape index (κ3) is 2.60. The number of fused-ring (bicyclic) bond motifs is 1. The molecule has 0 amide bonds. The molecule has 1 atom stereocenters. The SMILES string of the molecule is CC(C)(O)CNC1CCc2cc(F)ccc21. The van der Waals surface area contributed by atoms with Gasteiger partial charge in [-0.15, -0.1) is 0 Å². The summed E-state index contributed by atoms with van der Waals surface area (Å²) in [5.41, 5.74) is 1.56. The molecule has 1 aliphatic rings. The maximum atomic E-state index is 13.0. The maximum absolute atomic E-state index is 13.0. The number of nitrogens with one attached hydrogen (secondary N) is 1. The Balaban J connectivity index is 2.06. The average Bonchev–Trinajstić information content (AvgIpc) is 2.56. The van der Waals surface area contributed by atoms with Gasteiger partial charge in [-0.3, -0.25) is 0 Å². The van der Waals surface area contributed by atoms with Gasteiger partial charge >= 0.3 is 0 Å². The van der Waals surface area contributed by atoms with Gasteiger partial charge in [0.05, 0.1) is 5.60 Å². The molecule has 0 aliphatic heterocycles. The van der Waals surface area contributed by atoms with Crippen LogP contribution >= 0.6 is 0 Å². The molecule has 1 aliphatic carbocycles. The van der Waals surface area contributed by atoms with Crippen LogP contribution in [0.15, 0.2) is 18.2 Å². The summed E-state index contributed by atoms with van der Waals surface area (Å²) in [6.07, 6.45) is 1.89. The first kappa shape index (κ1) is 11.6. The van der Waals surface area contributed by atoms with Crippen LogP contribution in [0.1, 0.15) is 37.4 Å². The zero-order valence-electron chi connectivity index (χ0n) is 9.76. The van der Waals surface area contributed by atoms with Gasteiger partial charge in [0.2, 0.25) is 0 Å². The monoisotopic (exact) mass is 223 g/mol. The molecule has 0 saturated heterocycles. The molecule has 0 spiro atoms. The zero-order valence-corrected chi connectivity index (χ0v) is 9.76. The predicted molar refractivity (Wildman–Crippen MR) is 61.8 cm³/mol. The quantitative estimate of drug-likeness (QED) is 0.823. The second kappa shape index (κ2) is 4.15. The van der Waals surface area contributed by atoms with Crippen molar-refractivity contribution < 1.29 is 9.50 Å². The molecule has 0 saturated carbocycles.